The molecule has 0 aliphatic carbocycles. The van der Waals surface area contributed by atoms with Gasteiger partial charge in [-0.15, -0.1) is 11.3 Å². The summed E-state index contributed by atoms with van der Waals surface area (Å²) in [5.41, 5.74) is -0.0484. The van der Waals surface area contributed by atoms with Gasteiger partial charge < -0.3 is 15.3 Å². The summed E-state index contributed by atoms with van der Waals surface area (Å²) in [4.78, 5) is 27.8. The van der Waals surface area contributed by atoms with E-state index in [0.29, 0.717) is 31.9 Å². The summed E-state index contributed by atoms with van der Waals surface area (Å²) in [5.74, 6) is 0.514. The number of aromatic nitrogens is 3. The molecule has 3 rings (SSSR count). The van der Waals surface area contributed by atoms with Crippen molar-refractivity contribution in [3.8, 4) is 0 Å². The minimum Gasteiger partial charge on any atom is -0.386 e. The molecule has 2 aromatic rings. The lowest BCUT2D eigenvalue weighted by Crippen LogP contribution is -2.45. The van der Waals surface area contributed by atoms with Crippen LogP contribution in [0.15, 0.2) is 18.5 Å². The minimum absolute atomic E-state index is 0.0930. The normalized spacial score (nSPS) is 20.4. The Morgan fingerprint density at radius 3 is 2.83 bits per heavy atom. The van der Waals surface area contributed by atoms with Crippen molar-refractivity contribution in [2.75, 3.05) is 24.5 Å². The molecule has 8 heteroatoms. The number of aryl methyl sites for hydroxylation is 2. The Morgan fingerprint density at radius 1 is 1.42 bits per heavy atom. The van der Waals surface area contributed by atoms with Gasteiger partial charge in [-0.3, -0.25) is 4.79 Å². The van der Waals surface area contributed by atoms with Gasteiger partial charge in [0, 0.05) is 30.4 Å². The van der Waals surface area contributed by atoms with E-state index in [9.17, 15) is 9.90 Å². The number of hydrogen-bond donors (Lipinski definition) is 2. The fraction of sp³-hybridized carbons (Fsp3) is 0.500. The van der Waals surface area contributed by atoms with Crippen LogP contribution in [0.1, 0.15) is 22.0 Å². The summed E-state index contributed by atoms with van der Waals surface area (Å²) in [5, 5.41) is 14.5. The van der Waals surface area contributed by atoms with Crippen LogP contribution < -0.4 is 10.2 Å². The quantitative estimate of drug-likeness (QED) is 0.833. The molecule has 1 aliphatic rings. The number of amides is 1. The summed E-state index contributed by atoms with van der Waals surface area (Å²) in [7, 11) is 0. The molecule has 3 heterocycles. The van der Waals surface area contributed by atoms with Gasteiger partial charge in [-0.2, -0.15) is 0 Å². The van der Waals surface area contributed by atoms with Crippen molar-refractivity contribution < 1.29 is 9.90 Å². The Morgan fingerprint density at radius 2 is 2.17 bits per heavy atom. The molecule has 1 atom stereocenters. The highest BCUT2D eigenvalue weighted by atomic mass is 32.1. The van der Waals surface area contributed by atoms with Gasteiger partial charge in [-0.25, -0.2) is 15.0 Å². The maximum atomic E-state index is 12.1. The van der Waals surface area contributed by atoms with Crippen molar-refractivity contribution in [1.29, 1.82) is 0 Å². The first kappa shape index (κ1) is 16.8. The molecule has 7 nitrogen and oxygen atoms in total. The zero-order valence-electron chi connectivity index (χ0n) is 13.8. The van der Waals surface area contributed by atoms with E-state index >= 15 is 0 Å². The topological polar surface area (TPSA) is 91.2 Å². The monoisotopic (exact) mass is 347 g/mol. The fourth-order valence-corrected chi connectivity index (χ4v) is 3.77. The average Bonchev–Trinajstić information content (AvgIpc) is 3.10. The molecule has 0 bridgehead atoms. The molecule has 24 heavy (non-hydrogen) atoms. The van der Waals surface area contributed by atoms with Crippen LogP contribution in [0.5, 0.6) is 0 Å². The van der Waals surface area contributed by atoms with Gasteiger partial charge in [0.05, 0.1) is 23.7 Å². The first-order valence-corrected chi connectivity index (χ1v) is 8.71. The molecule has 0 spiro atoms. The number of rotatable bonds is 5. The summed E-state index contributed by atoms with van der Waals surface area (Å²) >= 11 is 1.54. The van der Waals surface area contributed by atoms with Crippen LogP contribution in [0.4, 0.5) is 5.95 Å². The fourth-order valence-electron chi connectivity index (χ4n) is 2.83. The van der Waals surface area contributed by atoms with E-state index in [1.54, 1.807) is 18.5 Å². The van der Waals surface area contributed by atoms with Crippen molar-refractivity contribution in [2.45, 2.75) is 32.3 Å². The average molecular weight is 347 g/mol. The van der Waals surface area contributed by atoms with E-state index < -0.39 is 5.60 Å². The molecule has 1 aliphatic heterocycles. The Hall–Kier alpha value is -2.06. The molecule has 1 amide bonds. The molecule has 0 saturated carbocycles. The molecule has 2 N–H and O–H groups in total. The Bertz CT molecular complexity index is 721. The lowest BCUT2D eigenvalue weighted by molar-refractivity contribution is -0.121. The largest absolute Gasteiger partial charge is 0.386 e. The van der Waals surface area contributed by atoms with E-state index in [1.165, 1.54) is 11.3 Å². The number of hydrogen-bond acceptors (Lipinski definition) is 7. The first-order valence-electron chi connectivity index (χ1n) is 7.89. The van der Waals surface area contributed by atoms with Gasteiger partial charge in [-0.05, 0) is 26.3 Å². The van der Waals surface area contributed by atoms with E-state index in [4.69, 9.17) is 0 Å². The Kier molecular flexibility index (Phi) is 4.77. The zero-order chi connectivity index (χ0) is 17.2. The van der Waals surface area contributed by atoms with Crippen LogP contribution in [0, 0.1) is 13.8 Å². The lowest BCUT2D eigenvalue weighted by atomic mass is 10.0. The number of β-amino-alcohol motifs (C(OH)–C–C–N with tert-alkyl or cyclic N) is 1. The van der Waals surface area contributed by atoms with Crippen molar-refractivity contribution in [3.63, 3.8) is 0 Å². The van der Waals surface area contributed by atoms with Crippen LogP contribution in [0.25, 0.3) is 0 Å². The van der Waals surface area contributed by atoms with E-state index in [2.05, 4.69) is 20.3 Å². The predicted molar refractivity (Wildman–Crippen MR) is 92.1 cm³/mol. The number of aliphatic hydroxyl groups is 1. The predicted octanol–water partition coefficient (Wildman–Crippen LogP) is 0.850. The van der Waals surface area contributed by atoms with Crippen LogP contribution in [-0.2, 0) is 11.2 Å². The Labute approximate surface area is 144 Å². The molecular weight excluding hydrogens is 326 g/mol. The van der Waals surface area contributed by atoms with Gasteiger partial charge >= 0.3 is 0 Å². The van der Waals surface area contributed by atoms with E-state index in [0.717, 1.165) is 15.6 Å². The zero-order valence-corrected chi connectivity index (χ0v) is 14.6. The van der Waals surface area contributed by atoms with Gasteiger partial charge in [0.15, 0.2) is 0 Å². The second kappa shape index (κ2) is 6.82. The highest BCUT2D eigenvalue weighted by molar-refractivity contribution is 7.11. The van der Waals surface area contributed by atoms with Crippen LogP contribution in [-0.4, -0.2) is 51.2 Å². The third kappa shape index (κ3) is 3.88. The molecule has 1 saturated heterocycles. The van der Waals surface area contributed by atoms with E-state index in [1.807, 2.05) is 18.7 Å². The number of carbonyl (C=O) groups excluding carboxylic acids is 1. The molecular formula is C16H21N5O2S. The molecule has 0 radical (unpaired) electrons. The lowest BCUT2D eigenvalue weighted by Gasteiger charge is -2.23. The third-order valence-corrected chi connectivity index (χ3v) is 5.18. The van der Waals surface area contributed by atoms with Crippen LogP contribution >= 0.6 is 11.3 Å². The first-order chi connectivity index (χ1) is 11.5. The highest BCUT2D eigenvalue weighted by Crippen LogP contribution is 2.24. The minimum atomic E-state index is -0.951. The van der Waals surface area contributed by atoms with Gasteiger partial charge in [-0.1, -0.05) is 0 Å². The number of nitrogens with zero attached hydrogens (tertiary/aromatic N) is 4. The second-order valence-electron chi connectivity index (χ2n) is 6.14. The summed E-state index contributed by atoms with van der Waals surface area (Å²) in [6, 6.07) is 1.76. The molecule has 1 fully saturated rings. The molecule has 1 unspecified atom stereocenters. The number of thiazole rings is 1. The molecule has 128 valence electrons. The van der Waals surface area contributed by atoms with Gasteiger partial charge in [0.2, 0.25) is 11.9 Å². The highest BCUT2D eigenvalue weighted by Gasteiger charge is 2.37. The van der Waals surface area contributed by atoms with Gasteiger partial charge in [0.25, 0.3) is 0 Å². The number of carbonyl (C=O) groups is 1. The smallest absolute Gasteiger partial charge is 0.225 e. The van der Waals surface area contributed by atoms with E-state index in [-0.39, 0.29) is 12.5 Å². The standard InChI is InChI=1S/C16H21N5O2S/c1-11-13(24-12(2)20-11)8-14(22)19-9-16(23)4-7-21(10-16)15-17-5-3-6-18-15/h3,5-6,23H,4,7-10H2,1-2H3,(H,19,22). The van der Waals surface area contributed by atoms with Gasteiger partial charge in [0.1, 0.15) is 5.60 Å². The van der Waals surface area contributed by atoms with Crippen molar-refractivity contribution in [1.82, 2.24) is 20.3 Å². The summed E-state index contributed by atoms with van der Waals surface area (Å²) in [6.45, 7) is 5.15. The summed E-state index contributed by atoms with van der Waals surface area (Å²) in [6.07, 6.45) is 4.24. The molecule has 0 aromatic carbocycles. The van der Waals surface area contributed by atoms with Crippen molar-refractivity contribution >= 4 is 23.2 Å². The summed E-state index contributed by atoms with van der Waals surface area (Å²) < 4.78 is 0. The van der Waals surface area contributed by atoms with Crippen LogP contribution in [0.2, 0.25) is 0 Å². The Balaban J connectivity index is 1.53. The maximum Gasteiger partial charge on any atom is 0.225 e. The van der Waals surface area contributed by atoms with Crippen molar-refractivity contribution in [3.05, 3.63) is 34.0 Å². The second-order valence-corrected chi connectivity index (χ2v) is 7.43. The van der Waals surface area contributed by atoms with Crippen LogP contribution in [0.3, 0.4) is 0 Å². The third-order valence-electron chi connectivity index (χ3n) is 4.10. The molecule has 2 aromatic heterocycles. The SMILES string of the molecule is Cc1nc(C)c(CC(=O)NCC2(O)CCN(c3ncccn3)C2)s1. The number of anilines is 1. The van der Waals surface area contributed by atoms with Crippen molar-refractivity contribution in [2.24, 2.45) is 0 Å². The number of nitrogens with one attached hydrogen (secondary N) is 1. The maximum absolute atomic E-state index is 12.1.